The molecule has 2 aliphatic rings. The topological polar surface area (TPSA) is 17.1 Å². The summed E-state index contributed by atoms with van der Waals surface area (Å²) in [5.41, 5.74) is 3.02. The number of benzene rings is 1. The van der Waals surface area contributed by atoms with Crippen molar-refractivity contribution >= 4 is 5.78 Å². The monoisotopic (exact) mass is 242 g/mol. The number of rotatable bonds is 4. The van der Waals surface area contributed by atoms with Gasteiger partial charge in [0, 0.05) is 5.92 Å². The maximum Gasteiger partial charge on any atom is 0.132 e. The lowest BCUT2D eigenvalue weighted by Gasteiger charge is -2.11. The van der Waals surface area contributed by atoms with Gasteiger partial charge in [-0.25, -0.2) is 0 Å². The van der Waals surface area contributed by atoms with E-state index in [0.29, 0.717) is 11.7 Å². The molecule has 2 saturated carbocycles. The van der Waals surface area contributed by atoms with Gasteiger partial charge in [0.1, 0.15) is 5.78 Å². The Labute approximate surface area is 110 Å². The Morgan fingerprint density at radius 1 is 1.22 bits per heavy atom. The molecule has 0 unspecified atom stereocenters. The summed E-state index contributed by atoms with van der Waals surface area (Å²) in [6, 6.07) is 9.14. The first kappa shape index (κ1) is 12.0. The number of carbonyl (C=O) groups is 1. The van der Waals surface area contributed by atoms with Crippen LogP contribution in [-0.4, -0.2) is 5.78 Å². The van der Waals surface area contributed by atoms with Crippen LogP contribution in [0.25, 0.3) is 0 Å². The second-order valence-corrected chi connectivity index (χ2v) is 6.21. The second-order valence-electron chi connectivity index (χ2n) is 6.21. The summed E-state index contributed by atoms with van der Waals surface area (Å²) in [6.07, 6.45) is 7.38. The van der Waals surface area contributed by atoms with Crippen molar-refractivity contribution in [1.29, 1.82) is 0 Å². The molecule has 0 saturated heterocycles. The molecule has 96 valence electrons. The molecule has 18 heavy (non-hydrogen) atoms. The van der Waals surface area contributed by atoms with Gasteiger partial charge in [-0.15, -0.1) is 0 Å². The van der Waals surface area contributed by atoms with Crippen molar-refractivity contribution < 1.29 is 4.79 Å². The molecule has 0 N–H and O–H groups in total. The average Bonchev–Trinajstić information content (AvgIpc) is 3.10. The van der Waals surface area contributed by atoms with Gasteiger partial charge in [0.25, 0.3) is 0 Å². The fourth-order valence-electron chi connectivity index (χ4n) is 3.35. The molecule has 0 aromatic heterocycles. The Hall–Kier alpha value is -1.11. The van der Waals surface area contributed by atoms with Gasteiger partial charge in [-0.3, -0.25) is 4.79 Å². The van der Waals surface area contributed by atoms with Crippen molar-refractivity contribution in [3.8, 4) is 0 Å². The molecule has 2 atom stereocenters. The summed E-state index contributed by atoms with van der Waals surface area (Å²) >= 11 is 0. The first-order valence-electron chi connectivity index (χ1n) is 7.31. The standard InChI is InChI=1S/C17H22O/c1-12(18)16-6-5-14(10-16)9-13-3-2-4-17(11-13)15-7-8-15/h2-4,11,14-16H,5-10H2,1H3/t14-,16+/m0/s1. The van der Waals surface area contributed by atoms with Gasteiger partial charge in [-0.05, 0) is 68.4 Å². The van der Waals surface area contributed by atoms with Crippen LogP contribution in [0.1, 0.15) is 56.1 Å². The Morgan fingerprint density at radius 3 is 2.72 bits per heavy atom. The summed E-state index contributed by atoms with van der Waals surface area (Å²) in [7, 11) is 0. The fraction of sp³-hybridized carbons (Fsp3) is 0.588. The summed E-state index contributed by atoms with van der Waals surface area (Å²) in [5, 5.41) is 0. The van der Waals surface area contributed by atoms with Crippen molar-refractivity contribution in [1.82, 2.24) is 0 Å². The third-order valence-corrected chi connectivity index (χ3v) is 4.64. The molecule has 2 fully saturated rings. The van der Waals surface area contributed by atoms with Crippen LogP contribution in [-0.2, 0) is 11.2 Å². The van der Waals surface area contributed by atoms with Gasteiger partial charge in [0.05, 0.1) is 0 Å². The third kappa shape index (κ3) is 2.66. The first-order valence-corrected chi connectivity index (χ1v) is 7.31. The lowest BCUT2D eigenvalue weighted by molar-refractivity contribution is -0.120. The normalized spacial score (nSPS) is 27.4. The highest BCUT2D eigenvalue weighted by Crippen LogP contribution is 2.40. The minimum atomic E-state index is 0.349. The zero-order valence-corrected chi connectivity index (χ0v) is 11.2. The zero-order valence-electron chi connectivity index (χ0n) is 11.2. The molecule has 0 bridgehead atoms. The Morgan fingerprint density at radius 2 is 2.06 bits per heavy atom. The lowest BCUT2D eigenvalue weighted by atomic mass is 9.94. The number of carbonyl (C=O) groups excluding carboxylic acids is 1. The quantitative estimate of drug-likeness (QED) is 0.776. The van der Waals surface area contributed by atoms with E-state index >= 15 is 0 Å². The molecule has 0 spiro atoms. The van der Waals surface area contributed by atoms with Gasteiger partial charge >= 0.3 is 0 Å². The number of hydrogen-bond donors (Lipinski definition) is 0. The Bertz CT molecular complexity index is 445. The number of Topliss-reactive ketones (excluding diaryl/α,β-unsaturated/α-hetero) is 1. The molecule has 0 radical (unpaired) electrons. The van der Waals surface area contributed by atoms with E-state index < -0.39 is 0 Å². The Kier molecular flexibility index (Phi) is 3.23. The third-order valence-electron chi connectivity index (χ3n) is 4.64. The maximum atomic E-state index is 11.4. The number of ketones is 1. The summed E-state index contributed by atoms with van der Waals surface area (Å²) in [4.78, 5) is 11.4. The largest absolute Gasteiger partial charge is 0.300 e. The average molecular weight is 242 g/mol. The SMILES string of the molecule is CC(=O)[C@@H]1CC[C@@H](Cc2cccc(C3CC3)c2)C1. The molecule has 0 amide bonds. The lowest BCUT2D eigenvalue weighted by Crippen LogP contribution is -2.07. The highest BCUT2D eigenvalue weighted by molar-refractivity contribution is 5.78. The molecule has 2 aliphatic carbocycles. The highest BCUT2D eigenvalue weighted by Gasteiger charge is 2.28. The summed E-state index contributed by atoms with van der Waals surface area (Å²) in [6.45, 7) is 1.75. The van der Waals surface area contributed by atoms with Crippen molar-refractivity contribution in [3.63, 3.8) is 0 Å². The molecular formula is C17H22O. The van der Waals surface area contributed by atoms with E-state index in [-0.39, 0.29) is 0 Å². The van der Waals surface area contributed by atoms with Gasteiger partial charge < -0.3 is 0 Å². The highest BCUT2D eigenvalue weighted by atomic mass is 16.1. The molecule has 3 rings (SSSR count). The summed E-state index contributed by atoms with van der Waals surface area (Å²) < 4.78 is 0. The minimum Gasteiger partial charge on any atom is -0.300 e. The van der Waals surface area contributed by atoms with E-state index in [2.05, 4.69) is 24.3 Å². The molecule has 0 heterocycles. The van der Waals surface area contributed by atoms with Gasteiger partial charge in [-0.1, -0.05) is 24.3 Å². The van der Waals surface area contributed by atoms with Crippen molar-refractivity contribution in [2.75, 3.05) is 0 Å². The summed E-state index contributed by atoms with van der Waals surface area (Å²) in [5.74, 6) is 2.32. The van der Waals surface area contributed by atoms with E-state index in [9.17, 15) is 4.79 Å². The smallest absolute Gasteiger partial charge is 0.132 e. The molecule has 1 aromatic rings. The van der Waals surface area contributed by atoms with Gasteiger partial charge in [0.2, 0.25) is 0 Å². The molecular weight excluding hydrogens is 220 g/mol. The molecule has 1 aromatic carbocycles. The number of hydrogen-bond acceptors (Lipinski definition) is 1. The maximum absolute atomic E-state index is 11.4. The molecule has 0 aliphatic heterocycles. The van der Waals surface area contributed by atoms with E-state index in [1.54, 1.807) is 6.92 Å². The Balaban J connectivity index is 1.62. The van der Waals surface area contributed by atoms with E-state index in [1.165, 1.54) is 36.8 Å². The van der Waals surface area contributed by atoms with Crippen LogP contribution < -0.4 is 0 Å². The molecule has 1 heteroatoms. The second kappa shape index (κ2) is 4.87. The first-order chi connectivity index (χ1) is 8.72. The van der Waals surface area contributed by atoms with Gasteiger partial charge in [-0.2, -0.15) is 0 Å². The van der Waals surface area contributed by atoms with Crippen LogP contribution in [0.2, 0.25) is 0 Å². The van der Waals surface area contributed by atoms with Crippen molar-refractivity contribution in [3.05, 3.63) is 35.4 Å². The van der Waals surface area contributed by atoms with Crippen LogP contribution in [0.5, 0.6) is 0 Å². The minimum absolute atomic E-state index is 0.349. The van der Waals surface area contributed by atoms with Crippen molar-refractivity contribution in [2.24, 2.45) is 11.8 Å². The van der Waals surface area contributed by atoms with E-state index in [1.807, 2.05) is 0 Å². The van der Waals surface area contributed by atoms with Crippen LogP contribution >= 0.6 is 0 Å². The van der Waals surface area contributed by atoms with Crippen LogP contribution in [0.3, 0.4) is 0 Å². The van der Waals surface area contributed by atoms with Crippen molar-refractivity contribution in [2.45, 2.75) is 51.4 Å². The van der Waals surface area contributed by atoms with E-state index in [0.717, 1.165) is 24.7 Å². The fourth-order valence-corrected chi connectivity index (χ4v) is 3.35. The van der Waals surface area contributed by atoms with Gasteiger partial charge in [0.15, 0.2) is 0 Å². The van der Waals surface area contributed by atoms with E-state index in [4.69, 9.17) is 0 Å². The van der Waals surface area contributed by atoms with Crippen LogP contribution in [0.4, 0.5) is 0 Å². The van der Waals surface area contributed by atoms with Crippen LogP contribution in [0.15, 0.2) is 24.3 Å². The molecule has 1 nitrogen and oxygen atoms in total. The zero-order chi connectivity index (χ0) is 12.5. The predicted octanol–water partition coefficient (Wildman–Crippen LogP) is 4.11. The van der Waals surface area contributed by atoms with Crippen LogP contribution in [0, 0.1) is 11.8 Å². The predicted molar refractivity (Wildman–Crippen MR) is 73.6 cm³/mol.